The quantitative estimate of drug-likeness (QED) is 0.586. The molecule has 2 N–H and O–H groups in total. The van der Waals surface area contributed by atoms with E-state index in [1.807, 2.05) is 13.2 Å². The normalized spacial score (nSPS) is 18.4. The standard InChI is InChI=1S/C21H39N5O/c1-16(2)17(26-11-9-7-8-10-12-26)13-24-20(22-6)25-15-19-23-14-18(27-19)21(3,4)5/h14,16-17H,7-13,15H2,1-6H3,(H2,22,24,25). The fourth-order valence-corrected chi connectivity index (χ4v) is 3.53. The number of aliphatic imine (C=N–C) groups is 1. The van der Waals surface area contributed by atoms with Crippen LogP contribution in [0.5, 0.6) is 0 Å². The molecule has 1 saturated heterocycles. The zero-order valence-electron chi connectivity index (χ0n) is 18.1. The van der Waals surface area contributed by atoms with E-state index in [2.05, 4.69) is 60.1 Å². The van der Waals surface area contributed by atoms with Crippen molar-refractivity contribution in [3.63, 3.8) is 0 Å². The van der Waals surface area contributed by atoms with Crippen LogP contribution in [0.2, 0.25) is 0 Å². The third kappa shape index (κ3) is 6.83. The van der Waals surface area contributed by atoms with Gasteiger partial charge in [-0.1, -0.05) is 47.5 Å². The van der Waals surface area contributed by atoms with E-state index >= 15 is 0 Å². The number of oxazole rings is 1. The fraction of sp³-hybridized carbons (Fsp3) is 0.810. The first-order valence-electron chi connectivity index (χ1n) is 10.4. The second kappa shape index (κ2) is 10.1. The molecule has 0 radical (unpaired) electrons. The van der Waals surface area contributed by atoms with Gasteiger partial charge in [-0.3, -0.25) is 9.89 Å². The molecule has 1 unspecified atom stereocenters. The van der Waals surface area contributed by atoms with E-state index in [1.165, 1.54) is 38.8 Å². The van der Waals surface area contributed by atoms with E-state index in [0.717, 1.165) is 18.3 Å². The average molecular weight is 378 g/mol. The molecule has 2 heterocycles. The Morgan fingerprint density at radius 2 is 1.85 bits per heavy atom. The molecule has 6 nitrogen and oxygen atoms in total. The van der Waals surface area contributed by atoms with E-state index < -0.39 is 0 Å². The van der Waals surface area contributed by atoms with E-state index in [-0.39, 0.29) is 5.41 Å². The number of hydrogen-bond acceptors (Lipinski definition) is 4. The van der Waals surface area contributed by atoms with Gasteiger partial charge in [0, 0.05) is 25.0 Å². The van der Waals surface area contributed by atoms with Crippen molar-refractivity contribution in [1.29, 1.82) is 0 Å². The minimum Gasteiger partial charge on any atom is -0.443 e. The molecule has 6 heteroatoms. The lowest BCUT2D eigenvalue weighted by atomic mass is 9.94. The van der Waals surface area contributed by atoms with Crippen LogP contribution in [-0.2, 0) is 12.0 Å². The van der Waals surface area contributed by atoms with E-state index in [1.54, 1.807) is 0 Å². The molecule has 154 valence electrons. The van der Waals surface area contributed by atoms with Gasteiger partial charge < -0.3 is 15.1 Å². The van der Waals surface area contributed by atoms with Crippen LogP contribution in [0.25, 0.3) is 0 Å². The van der Waals surface area contributed by atoms with Gasteiger partial charge in [-0.15, -0.1) is 0 Å². The van der Waals surface area contributed by atoms with Gasteiger partial charge in [-0.25, -0.2) is 4.98 Å². The first kappa shape index (κ1) is 21.7. The predicted molar refractivity (Wildman–Crippen MR) is 112 cm³/mol. The Bertz CT molecular complexity index is 580. The number of hydrogen-bond donors (Lipinski definition) is 2. The van der Waals surface area contributed by atoms with Crippen LogP contribution < -0.4 is 10.6 Å². The smallest absolute Gasteiger partial charge is 0.213 e. The summed E-state index contributed by atoms with van der Waals surface area (Å²) in [5.41, 5.74) is -0.0250. The second-order valence-electron chi connectivity index (χ2n) is 8.94. The second-order valence-corrected chi connectivity index (χ2v) is 8.94. The molecule has 0 aromatic carbocycles. The summed E-state index contributed by atoms with van der Waals surface area (Å²) in [6.07, 6.45) is 7.18. The molecule has 0 saturated carbocycles. The van der Waals surface area contributed by atoms with Gasteiger partial charge in [-0.05, 0) is 31.8 Å². The first-order chi connectivity index (χ1) is 12.8. The SMILES string of the molecule is CN=C(NCc1ncc(C(C)(C)C)o1)NCC(C(C)C)N1CCCCCC1. The van der Waals surface area contributed by atoms with Gasteiger partial charge in [0.1, 0.15) is 5.76 Å². The fourth-order valence-electron chi connectivity index (χ4n) is 3.53. The van der Waals surface area contributed by atoms with Crippen LogP contribution in [0.15, 0.2) is 15.6 Å². The lowest BCUT2D eigenvalue weighted by molar-refractivity contribution is 0.161. The lowest BCUT2D eigenvalue weighted by Crippen LogP contribution is -2.49. The van der Waals surface area contributed by atoms with Crippen LogP contribution in [-0.4, -0.2) is 48.6 Å². The Morgan fingerprint density at radius 3 is 2.37 bits per heavy atom. The van der Waals surface area contributed by atoms with Gasteiger partial charge in [0.2, 0.25) is 5.89 Å². The molecule has 1 fully saturated rings. The van der Waals surface area contributed by atoms with E-state index in [0.29, 0.717) is 24.4 Å². The monoisotopic (exact) mass is 377 g/mol. The summed E-state index contributed by atoms with van der Waals surface area (Å²) in [7, 11) is 1.81. The van der Waals surface area contributed by atoms with Crippen LogP contribution in [0.3, 0.4) is 0 Å². The van der Waals surface area contributed by atoms with Crippen molar-refractivity contribution in [2.45, 2.75) is 78.3 Å². The summed E-state index contributed by atoms with van der Waals surface area (Å²) in [5.74, 6) is 3.00. The van der Waals surface area contributed by atoms with Crippen LogP contribution in [0.1, 0.15) is 72.0 Å². The Kier molecular flexibility index (Phi) is 8.14. The summed E-state index contributed by atoms with van der Waals surface area (Å²) in [6.45, 7) is 14.9. The zero-order valence-corrected chi connectivity index (χ0v) is 18.1. The molecule has 0 bridgehead atoms. The zero-order chi connectivity index (χ0) is 19.9. The Morgan fingerprint density at radius 1 is 1.19 bits per heavy atom. The van der Waals surface area contributed by atoms with Crippen molar-refractivity contribution in [3.05, 3.63) is 17.8 Å². The maximum Gasteiger partial charge on any atom is 0.213 e. The molecular formula is C21H39N5O. The highest BCUT2D eigenvalue weighted by Crippen LogP contribution is 2.22. The van der Waals surface area contributed by atoms with Crippen molar-refractivity contribution in [3.8, 4) is 0 Å². The number of likely N-dealkylation sites (tertiary alicyclic amines) is 1. The van der Waals surface area contributed by atoms with Crippen LogP contribution >= 0.6 is 0 Å². The van der Waals surface area contributed by atoms with E-state index in [4.69, 9.17) is 4.42 Å². The summed E-state index contributed by atoms with van der Waals surface area (Å²) in [5, 5.41) is 6.83. The average Bonchev–Trinajstić information content (AvgIpc) is 2.94. The Balaban J connectivity index is 1.86. The van der Waals surface area contributed by atoms with Crippen molar-refractivity contribution in [2.24, 2.45) is 10.9 Å². The summed E-state index contributed by atoms with van der Waals surface area (Å²) >= 11 is 0. The number of nitrogens with zero attached hydrogens (tertiary/aromatic N) is 3. The highest BCUT2D eigenvalue weighted by atomic mass is 16.4. The molecule has 1 aliphatic rings. The number of rotatable bonds is 6. The minimum atomic E-state index is -0.0250. The molecule has 0 spiro atoms. The maximum atomic E-state index is 5.85. The Labute approximate surface area is 165 Å². The largest absolute Gasteiger partial charge is 0.443 e. The number of aromatic nitrogens is 1. The van der Waals surface area contributed by atoms with Crippen molar-refractivity contribution in [1.82, 2.24) is 20.5 Å². The first-order valence-corrected chi connectivity index (χ1v) is 10.4. The molecule has 0 aliphatic carbocycles. The van der Waals surface area contributed by atoms with Gasteiger partial charge >= 0.3 is 0 Å². The molecule has 1 aromatic heterocycles. The topological polar surface area (TPSA) is 65.7 Å². The van der Waals surface area contributed by atoms with Crippen LogP contribution in [0.4, 0.5) is 0 Å². The third-order valence-electron chi connectivity index (χ3n) is 5.28. The summed E-state index contributed by atoms with van der Waals surface area (Å²) in [6, 6.07) is 0.524. The van der Waals surface area contributed by atoms with Crippen molar-refractivity contribution in [2.75, 3.05) is 26.7 Å². The summed E-state index contributed by atoms with van der Waals surface area (Å²) < 4.78 is 5.85. The molecular weight excluding hydrogens is 338 g/mol. The summed E-state index contributed by atoms with van der Waals surface area (Å²) in [4.78, 5) is 11.4. The molecule has 27 heavy (non-hydrogen) atoms. The molecule has 1 atom stereocenters. The lowest BCUT2D eigenvalue weighted by Gasteiger charge is -2.34. The Hall–Kier alpha value is -1.56. The number of guanidine groups is 1. The predicted octanol–water partition coefficient (Wildman–Crippen LogP) is 3.54. The number of nitrogens with one attached hydrogen (secondary N) is 2. The van der Waals surface area contributed by atoms with Gasteiger partial charge in [0.25, 0.3) is 0 Å². The van der Waals surface area contributed by atoms with Gasteiger partial charge in [-0.2, -0.15) is 0 Å². The van der Waals surface area contributed by atoms with Crippen molar-refractivity contribution >= 4 is 5.96 Å². The van der Waals surface area contributed by atoms with Gasteiger partial charge in [0.05, 0.1) is 12.7 Å². The third-order valence-corrected chi connectivity index (χ3v) is 5.28. The molecule has 1 aromatic rings. The maximum absolute atomic E-state index is 5.85. The van der Waals surface area contributed by atoms with Gasteiger partial charge in [0.15, 0.2) is 5.96 Å². The highest BCUT2D eigenvalue weighted by Gasteiger charge is 2.23. The minimum absolute atomic E-state index is 0.0250. The molecule has 0 amide bonds. The molecule has 2 rings (SSSR count). The van der Waals surface area contributed by atoms with Crippen molar-refractivity contribution < 1.29 is 4.42 Å². The highest BCUT2D eigenvalue weighted by molar-refractivity contribution is 5.79. The van der Waals surface area contributed by atoms with Crippen LogP contribution in [0, 0.1) is 5.92 Å². The molecule has 1 aliphatic heterocycles. The van der Waals surface area contributed by atoms with E-state index in [9.17, 15) is 0 Å².